The molecule has 5 nitrogen and oxygen atoms in total. The van der Waals surface area contributed by atoms with Crippen LogP contribution in [0.4, 0.5) is 0 Å². The van der Waals surface area contributed by atoms with Crippen LogP contribution in [-0.2, 0) is 14.8 Å². The summed E-state index contributed by atoms with van der Waals surface area (Å²) in [6.07, 6.45) is 2.21. The molecule has 1 fully saturated rings. The molecule has 1 aromatic rings. The smallest absolute Gasteiger partial charge is 0.329 e. The topological polar surface area (TPSA) is 63.7 Å². The van der Waals surface area contributed by atoms with Crippen molar-refractivity contribution in [2.45, 2.75) is 25.8 Å². The van der Waals surface area contributed by atoms with Gasteiger partial charge in [0.05, 0.1) is 11.3 Å². The summed E-state index contributed by atoms with van der Waals surface area (Å²) in [5, 5.41) is 0.327. The Morgan fingerprint density at radius 1 is 1.45 bits per heavy atom. The highest BCUT2D eigenvalue weighted by atomic mass is 35.5. The van der Waals surface area contributed by atoms with Crippen LogP contribution in [0, 0.1) is 6.92 Å². The van der Waals surface area contributed by atoms with Gasteiger partial charge in [-0.1, -0.05) is 17.7 Å². The van der Waals surface area contributed by atoms with Crippen molar-refractivity contribution < 1.29 is 17.9 Å². The monoisotopic (exact) mass is 317 g/mol. The molecule has 110 valence electrons. The summed E-state index contributed by atoms with van der Waals surface area (Å²) < 4.78 is 29.7. The molecular formula is C13H16ClNO4S. The van der Waals surface area contributed by atoms with Crippen LogP contribution >= 0.6 is 11.6 Å². The van der Waals surface area contributed by atoms with Crippen molar-refractivity contribution in [3.8, 4) is 5.75 Å². The van der Waals surface area contributed by atoms with Crippen molar-refractivity contribution in [1.29, 1.82) is 0 Å². The molecule has 20 heavy (non-hydrogen) atoms. The van der Waals surface area contributed by atoms with E-state index in [0.717, 1.165) is 11.8 Å². The van der Waals surface area contributed by atoms with Gasteiger partial charge in [-0.15, -0.1) is 0 Å². The first kappa shape index (κ1) is 15.3. The van der Waals surface area contributed by atoms with E-state index < -0.39 is 22.0 Å². The Kier molecular flexibility index (Phi) is 4.36. The Labute approximate surface area is 123 Å². The third-order valence-corrected chi connectivity index (χ3v) is 4.80. The van der Waals surface area contributed by atoms with Gasteiger partial charge in [0, 0.05) is 6.54 Å². The van der Waals surface area contributed by atoms with Crippen LogP contribution in [-0.4, -0.2) is 37.5 Å². The van der Waals surface area contributed by atoms with Gasteiger partial charge in [-0.3, -0.25) is 0 Å². The number of nitrogens with zero attached hydrogens (tertiary/aromatic N) is 1. The number of hydrogen-bond donors (Lipinski definition) is 0. The normalized spacial score (nSPS) is 20.1. The number of carbonyl (C=O) groups is 1. The van der Waals surface area contributed by atoms with Gasteiger partial charge in [-0.2, -0.15) is 4.31 Å². The molecule has 0 N–H and O–H groups in total. The molecular weight excluding hydrogens is 302 g/mol. The zero-order chi connectivity index (χ0) is 14.9. The predicted octanol–water partition coefficient (Wildman–Crippen LogP) is 1.98. The summed E-state index contributed by atoms with van der Waals surface area (Å²) >= 11 is 5.96. The number of ether oxygens (including phenoxy) is 1. The number of halogens is 1. The first-order chi connectivity index (χ1) is 9.29. The van der Waals surface area contributed by atoms with E-state index in [1.54, 1.807) is 18.2 Å². The largest absolute Gasteiger partial charge is 0.424 e. The first-order valence-corrected chi connectivity index (χ1v) is 8.46. The van der Waals surface area contributed by atoms with Gasteiger partial charge in [0.15, 0.2) is 0 Å². The molecule has 0 aromatic heterocycles. The van der Waals surface area contributed by atoms with E-state index in [1.807, 2.05) is 6.92 Å². The van der Waals surface area contributed by atoms with E-state index in [-0.39, 0.29) is 5.75 Å². The first-order valence-electron chi connectivity index (χ1n) is 6.23. The molecule has 0 saturated carbocycles. The van der Waals surface area contributed by atoms with Crippen LogP contribution in [0.2, 0.25) is 5.02 Å². The maximum Gasteiger partial charge on any atom is 0.329 e. The third-order valence-electron chi connectivity index (χ3n) is 3.20. The molecule has 2 rings (SSSR count). The van der Waals surface area contributed by atoms with Crippen molar-refractivity contribution in [3.63, 3.8) is 0 Å². The summed E-state index contributed by atoms with van der Waals surface area (Å²) in [6, 6.07) is 4.34. The van der Waals surface area contributed by atoms with Crippen LogP contribution in [0.3, 0.4) is 0 Å². The minimum Gasteiger partial charge on any atom is -0.424 e. The molecule has 1 atom stereocenters. The Morgan fingerprint density at radius 2 is 2.15 bits per heavy atom. The van der Waals surface area contributed by atoms with Gasteiger partial charge in [-0.25, -0.2) is 13.2 Å². The third kappa shape index (κ3) is 3.31. The molecule has 1 unspecified atom stereocenters. The number of hydrogen-bond acceptors (Lipinski definition) is 4. The molecule has 7 heteroatoms. The van der Waals surface area contributed by atoms with Gasteiger partial charge in [0.2, 0.25) is 10.0 Å². The van der Waals surface area contributed by atoms with Crippen molar-refractivity contribution in [2.24, 2.45) is 0 Å². The summed E-state index contributed by atoms with van der Waals surface area (Å²) in [5.74, 6) is -0.322. The van der Waals surface area contributed by atoms with E-state index in [9.17, 15) is 13.2 Å². The van der Waals surface area contributed by atoms with Crippen LogP contribution in [0.5, 0.6) is 5.75 Å². The van der Waals surface area contributed by atoms with E-state index in [1.165, 1.54) is 4.31 Å². The minimum atomic E-state index is -3.41. The summed E-state index contributed by atoms with van der Waals surface area (Å²) in [4.78, 5) is 12.1. The molecule has 1 aliphatic rings. The van der Waals surface area contributed by atoms with Gasteiger partial charge < -0.3 is 4.74 Å². The fourth-order valence-electron chi connectivity index (χ4n) is 2.24. The Balaban J connectivity index is 2.18. The van der Waals surface area contributed by atoms with Crippen LogP contribution in [0.25, 0.3) is 0 Å². The molecule has 1 heterocycles. The fourth-order valence-corrected chi connectivity index (χ4v) is 3.51. The van der Waals surface area contributed by atoms with Crippen molar-refractivity contribution in [3.05, 3.63) is 28.8 Å². The van der Waals surface area contributed by atoms with E-state index in [0.29, 0.717) is 24.4 Å². The second-order valence-electron chi connectivity index (χ2n) is 4.89. The molecule has 1 saturated heterocycles. The highest BCUT2D eigenvalue weighted by molar-refractivity contribution is 7.88. The summed E-state index contributed by atoms with van der Waals surface area (Å²) in [7, 11) is -3.41. The number of benzene rings is 1. The average Bonchev–Trinajstić information content (AvgIpc) is 2.82. The maximum atomic E-state index is 12.1. The quantitative estimate of drug-likeness (QED) is 0.631. The molecule has 0 bridgehead atoms. The molecule has 0 amide bonds. The Hall–Kier alpha value is -1.11. The molecule has 1 aliphatic heterocycles. The fraction of sp³-hybridized carbons (Fsp3) is 0.462. The lowest BCUT2D eigenvalue weighted by Crippen LogP contribution is -2.41. The molecule has 1 aromatic carbocycles. The Morgan fingerprint density at radius 3 is 2.80 bits per heavy atom. The number of rotatable bonds is 3. The average molecular weight is 318 g/mol. The highest BCUT2D eigenvalue weighted by Gasteiger charge is 2.37. The van der Waals surface area contributed by atoms with E-state index in [2.05, 4.69) is 0 Å². The standard InChI is InChI=1S/C13H16ClNO4S/c1-9-5-6-10(14)12(8-9)19-13(16)11-4-3-7-15(11)20(2,17)18/h5-6,8,11H,3-4,7H2,1-2H3. The van der Waals surface area contributed by atoms with Crippen LogP contribution < -0.4 is 4.74 Å². The highest BCUT2D eigenvalue weighted by Crippen LogP contribution is 2.28. The summed E-state index contributed by atoms with van der Waals surface area (Å²) in [6.45, 7) is 2.20. The van der Waals surface area contributed by atoms with Crippen molar-refractivity contribution in [2.75, 3.05) is 12.8 Å². The van der Waals surface area contributed by atoms with Crippen LogP contribution in [0.1, 0.15) is 18.4 Å². The molecule has 0 radical (unpaired) electrons. The lowest BCUT2D eigenvalue weighted by atomic mass is 10.2. The zero-order valence-electron chi connectivity index (χ0n) is 11.3. The Bertz CT molecular complexity index is 629. The number of aryl methyl sites for hydroxylation is 1. The van der Waals surface area contributed by atoms with Crippen LogP contribution in [0.15, 0.2) is 18.2 Å². The second-order valence-corrected chi connectivity index (χ2v) is 7.23. The SMILES string of the molecule is Cc1ccc(Cl)c(OC(=O)C2CCCN2S(C)(=O)=O)c1. The molecule has 0 spiro atoms. The second kappa shape index (κ2) is 5.71. The number of sulfonamides is 1. The lowest BCUT2D eigenvalue weighted by molar-refractivity contribution is -0.137. The van der Waals surface area contributed by atoms with Crippen molar-refractivity contribution in [1.82, 2.24) is 4.31 Å². The number of esters is 1. The summed E-state index contributed by atoms with van der Waals surface area (Å²) in [5.41, 5.74) is 0.906. The van der Waals surface area contributed by atoms with Gasteiger partial charge in [0.25, 0.3) is 0 Å². The number of carbonyl (C=O) groups excluding carboxylic acids is 1. The van der Waals surface area contributed by atoms with Gasteiger partial charge in [0.1, 0.15) is 11.8 Å². The van der Waals surface area contributed by atoms with Gasteiger partial charge in [-0.05, 0) is 37.5 Å². The maximum absolute atomic E-state index is 12.1. The van der Waals surface area contributed by atoms with Gasteiger partial charge >= 0.3 is 5.97 Å². The van der Waals surface area contributed by atoms with E-state index in [4.69, 9.17) is 16.3 Å². The minimum absolute atomic E-state index is 0.261. The lowest BCUT2D eigenvalue weighted by Gasteiger charge is -2.20. The molecule has 0 aliphatic carbocycles. The predicted molar refractivity (Wildman–Crippen MR) is 76.4 cm³/mol. The van der Waals surface area contributed by atoms with Crippen molar-refractivity contribution >= 4 is 27.6 Å². The zero-order valence-corrected chi connectivity index (χ0v) is 12.9. The van der Waals surface area contributed by atoms with E-state index >= 15 is 0 Å².